The Kier molecular flexibility index (Phi) is 66.5. The second-order valence-electron chi connectivity index (χ2n) is 25.7. The Bertz CT molecular complexity index is 1100. The largest absolute Gasteiger partial charge is 0.394 e. The Morgan fingerprint density at radius 1 is 0.269 bits per heavy atom. The fourth-order valence-corrected chi connectivity index (χ4v) is 12.2. The van der Waals surface area contributed by atoms with Crippen molar-refractivity contribution in [1.82, 2.24) is 5.32 Å². The number of carbonyl (C=O) groups excluding carboxylic acids is 1. The lowest BCUT2D eigenvalue weighted by Crippen LogP contribution is -2.53. The van der Waals surface area contributed by atoms with Crippen LogP contribution in [0.2, 0.25) is 0 Å². The maximum Gasteiger partial charge on any atom is 0.249 e. The number of rotatable bonds is 69. The van der Waals surface area contributed by atoms with Crippen molar-refractivity contribution in [2.75, 3.05) is 6.61 Å². The minimum Gasteiger partial charge on any atom is -0.394 e. The fourth-order valence-electron chi connectivity index (χ4n) is 12.2. The average molecular weight is 1100 g/mol. The van der Waals surface area contributed by atoms with Crippen molar-refractivity contribution >= 4 is 5.91 Å². The van der Waals surface area contributed by atoms with Gasteiger partial charge < -0.3 is 25.7 Å². The van der Waals surface area contributed by atoms with Crippen LogP contribution >= 0.6 is 0 Å². The summed E-state index contributed by atoms with van der Waals surface area (Å²) in [7, 11) is 0. The van der Waals surface area contributed by atoms with E-state index in [0.29, 0.717) is 12.8 Å². The van der Waals surface area contributed by atoms with Crippen LogP contribution in [0.4, 0.5) is 0 Å². The average Bonchev–Trinajstić information content (AvgIpc) is 3.45. The number of aliphatic hydroxyl groups excluding tert-OH is 4. The topological polar surface area (TPSA) is 110 Å². The number of aliphatic hydroxyl groups is 4. The maximum atomic E-state index is 12.7. The maximum absolute atomic E-state index is 12.7. The number of unbranched alkanes of at least 4 members (excludes halogenated alkanes) is 60. The van der Waals surface area contributed by atoms with E-state index in [-0.39, 0.29) is 0 Å². The zero-order valence-electron chi connectivity index (χ0n) is 53.5. The van der Waals surface area contributed by atoms with Crippen molar-refractivity contribution in [3.63, 3.8) is 0 Å². The van der Waals surface area contributed by atoms with Crippen molar-refractivity contribution in [3.8, 4) is 0 Å². The van der Waals surface area contributed by atoms with Gasteiger partial charge in [0.2, 0.25) is 5.91 Å². The van der Waals surface area contributed by atoms with E-state index in [9.17, 15) is 25.2 Å². The molecule has 0 aromatic carbocycles. The molecule has 0 aliphatic rings. The molecule has 468 valence electrons. The quantitative estimate of drug-likeness (QED) is 0.0390. The third-order valence-corrected chi connectivity index (χ3v) is 17.8. The number of hydrogen-bond acceptors (Lipinski definition) is 5. The fraction of sp³-hybridized carbons (Fsp3) is 0.986. The highest BCUT2D eigenvalue weighted by Crippen LogP contribution is 2.21. The van der Waals surface area contributed by atoms with E-state index in [1.54, 1.807) is 0 Å². The van der Waals surface area contributed by atoms with Gasteiger partial charge in [0, 0.05) is 0 Å². The molecule has 0 fully saturated rings. The van der Waals surface area contributed by atoms with E-state index in [4.69, 9.17) is 0 Å². The van der Waals surface area contributed by atoms with Gasteiger partial charge in [-0.2, -0.15) is 0 Å². The summed E-state index contributed by atoms with van der Waals surface area (Å²) < 4.78 is 0. The van der Waals surface area contributed by atoms with Crippen LogP contribution in [0.1, 0.15) is 425 Å². The summed E-state index contributed by atoms with van der Waals surface area (Å²) in [5, 5.41) is 44.3. The predicted octanol–water partition coefficient (Wildman–Crippen LogP) is 22.6. The van der Waals surface area contributed by atoms with Crippen LogP contribution in [0, 0.1) is 0 Å². The molecule has 4 atom stereocenters. The lowest BCUT2D eigenvalue weighted by molar-refractivity contribution is -0.132. The summed E-state index contributed by atoms with van der Waals surface area (Å²) in [5.41, 5.74) is 0. The summed E-state index contributed by atoms with van der Waals surface area (Å²) in [6, 6.07) is -0.982. The normalized spacial score (nSPS) is 13.4. The summed E-state index contributed by atoms with van der Waals surface area (Å²) in [6.07, 6.45) is 82.5. The van der Waals surface area contributed by atoms with Crippen molar-refractivity contribution in [2.24, 2.45) is 0 Å². The molecular formula is C72H145NO5. The molecule has 0 spiro atoms. The summed E-state index contributed by atoms with van der Waals surface area (Å²) in [5.74, 6) is -0.572. The number of nitrogens with one attached hydrogen (secondary N) is 1. The van der Waals surface area contributed by atoms with E-state index in [0.717, 1.165) is 38.5 Å². The van der Waals surface area contributed by atoms with Gasteiger partial charge in [-0.1, -0.05) is 412 Å². The van der Waals surface area contributed by atoms with Gasteiger partial charge in [0.25, 0.3) is 0 Å². The first kappa shape index (κ1) is 77.3. The Morgan fingerprint density at radius 3 is 0.615 bits per heavy atom. The van der Waals surface area contributed by atoms with Crippen LogP contribution in [0.15, 0.2) is 0 Å². The lowest BCUT2D eigenvalue weighted by atomic mass is 9.99. The van der Waals surface area contributed by atoms with Crippen molar-refractivity contribution in [1.29, 1.82) is 0 Å². The summed E-state index contributed by atoms with van der Waals surface area (Å²) >= 11 is 0. The van der Waals surface area contributed by atoms with Crippen molar-refractivity contribution in [3.05, 3.63) is 0 Å². The molecule has 0 rings (SSSR count). The highest BCUT2D eigenvalue weighted by Gasteiger charge is 2.28. The Labute approximate surface area is 490 Å². The highest BCUT2D eigenvalue weighted by molar-refractivity contribution is 5.80. The molecule has 4 unspecified atom stereocenters. The zero-order valence-corrected chi connectivity index (χ0v) is 53.5. The standard InChI is InChI=1S/C72H145NO5/c1-3-5-7-9-11-13-15-17-19-21-23-25-27-29-31-33-34-35-36-37-38-40-42-44-46-48-50-52-54-56-58-60-62-64-66-70(76)72(78)73-68(67-74)71(77)69(75)65-63-61-59-57-55-53-51-49-47-45-43-41-39-32-30-28-26-24-22-20-18-16-14-12-10-8-6-4-2/h68-71,74-77H,3-67H2,1-2H3,(H,73,78). The summed E-state index contributed by atoms with van der Waals surface area (Å²) in [4.78, 5) is 12.7. The summed E-state index contributed by atoms with van der Waals surface area (Å²) in [6.45, 7) is 4.12. The minimum absolute atomic E-state index is 0.377. The smallest absolute Gasteiger partial charge is 0.249 e. The first-order chi connectivity index (χ1) is 38.5. The van der Waals surface area contributed by atoms with Gasteiger partial charge in [-0.25, -0.2) is 0 Å². The van der Waals surface area contributed by atoms with Crippen LogP contribution < -0.4 is 5.32 Å². The molecule has 0 bridgehead atoms. The molecule has 5 N–H and O–H groups in total. The van der Waals surface area contributed by atoms with Crippen LogP contribution in [-0.2, 0) is 4.79 Å². The van der Waals surface area contributed by atoms with Crippen LogP contribution in [-0.4, -0.2) is 57.3 Å². The van der Waals surface area contributed by atoms with Gasteiger partial charge in [0.15, 0.2) is 0 Å². The van der Waals surface area contributed by atoms with E-state index in [1.807, 2.05) is 0 Å². The van der Waals surface area contributed by atoms with Gasteiger partial charge in [-0.15, -0.1) is 0 Å². The van der Waals surface area contributed by atoms with E-state index < -0.39 is 36.9 Å². The Balaban J connectivity index is 3.49. The van der Waals surface area contributed by atoms with E-state index in [2.05, 4.69) is 19.2 Å². The zero-order chi connectivity index (χ0) is 56.6. The predicted molar refractivity (Wildman–Crippen MR) is 344 cm³/mol. The molecule has 0 aliphatic carbocycles. The number of hydrogen-bond donors (Lipinski definition) is 5. The van der Waals surface area contributed by atoms with Gasteiger partial charge in [-0.05, 0) is 12.8 Å². The molecule has 0 radical (unpaired) electrons. The molecule has 0 aliphatic heterocycles. The molecular weight excluding hydrogens is 959 g/mol. The van der Waals surface area contributed by atoms with Crippen LogP contribution in [0.5, 0.6) is 0 Å². The van der Waals surface area contributed by atoms with E-state index >= 15 is 0 Å². The van der Waals surface area contributed by atoms with Gasteiger partial charge in [-0.3, -0.25) is 4.79 Å². The van der Waals surface area contributed by atoms with Gasteiger partial charge in [0.05, 0.1) is 18.8 Å². The second-order valence-corrected chi connectivity index (χ2v) is 25.7. The monoisotopic (exact) mass is 1100 g/mol. The Morgan fingerprint density at radius 2 is 0.436 bits per heavy atom. The molecule has 6 heteroatoms. The first-order valence-electron chi connectivity index (χ1n) is 36.4. The van der Waals surface area contributed by atoms with Gasteiger partial charge >= 0.3 is 0 Å². The first-order valence-corrected chi connectivity index (χ1v) is 36.4. The molecule has 0 aromatic heterocycles. The minimum atomic E-state index is -1.26. The third kappa shape index (κ3) is 59.9. The molecule has 78 heavy (non-hydrogen) atoms. The molecule has 0 saturated heterocycles. The second kappa shape index (κ2) is 67.1. The number of carbonyl (C=O) groups is 1. The molecule has 6 nitrogen and oxygen atoms in total. The lowest BCUT2D eigenvalue weighted by Gasteiger charge is -2.27. The van der Waals surface area contributed by atoms with E-state index in [1.165, 1.54) is 360 Å². The molecule has 0 heterocycles. The van der Waals surface area contributed by atoms with Gasteiger partial charge in [0.1, 0.15) is 12.2 Å². The van der Waals surface area contributed by atoms with Crippen molar-refractivity contribution in [2.45, 2.75) is 449 Å². The SMILES string of the molecule is CCCCCCCCCCCCCCCCCCCCCCCCCCCCCCCCCCCCC(O)C(=O)NC(CO)C(O)C(O)CCCCCCCCCCCCCCCCCCCCCCCCCCCCCC. The number of amides is 1. The van der Waals surface area contributed by atoms with Crippen LogP contribution in [0.3, 0.4) is 0 Å². The molecule has 0 aromatic rings. The van der Waals surface area contributed by atoms with Crippen molar-refractivity contribution < 1.29 is 25.2 Å². The Hall–Kier alpha value is -0.690. The third-order valence-electron chi connectivity index (χ3n) is 17.8. The molecule has 0 saturated carbocycles. The molecule has 1 amide bonds. The van der Waals surface area contributed by atoms with Crippen LogP contribution in [0.25, 0.3) is 0 Å². The highest BCUT2D eigenvalue weighted by atomic mass is 16.3.